The quantitative estimate of drug-likeness (QED) is 0.516. The van der Waals surface area contributed by atoms with Gasteiger partial charge in [0.05, 0.1) is 6.07 Å². The minimum absolute atomic E-state index is 0.575. The first-order chi connectivity index (χ1) is 5.76. The molecule has 0 atom stereocenters. The summed E-state index contributed by atoms with van der Waals surface area (Å²) in [5.41, 5.74) is 0. The van der Waals surface area contributed by atoms with Crippen molar-refractivity contribution in [2.45, 2.75) is 20.3 Å². The molecule has 0 aliphatic heterocycles. The Morgan fingerprint density at radius 1 is 1.50 bits per heavy atom. The summed E-state index contributed by atoms with van der Waals surface area (Å²) in [5, 5.41) is 8.31. The molecule has 0 fully saturated rings. The Kier molecular flexibility index (Phi) is 7.22. The summed E-state index contributed by atoms with van der Waals surface area (Å²) in [5.74, 6) is 0.811. The molecule has 0 aromatic heterocycles. The molecule has 12 heavy (non-hydrogen) atoms. The van der Waals surface area contributed by atoms with Crippen molar-refractivity contribution < 1.29 is 0 Å². The number of nitriles is 1. The highest BCUT2D eigenvalue weighted by Crippen LogP contribution is 2.09. The molecule has 0 aliphatic carbocycles. The van der Waals surface area contributed by atoms with Gasteiger partial charge < -0.3 is 4.90 Å². The smallest absolute Gasteiger partial charge is 0.136 e. The average Bonchev–Trinajstić information content (AvgIpc) is 2.07. The van der Waals surface area contributed by atoms with E-state index in [0.717, 1.165) is 23.2 Å². The molecule has 0 aromatic carbocycles. The lowest BCUT2D eigenvalue weighted by molar-refractivity contribution is 0.482. The molecule has 4 heteroatoms. The maximum atomic E-state index is 8.31. The fourth-order valence-electron chi connectivity index (χ4n) is 0.757. The Hall–Kier alpha value is -0.270. The monoisotopic (exact) mass is 202 g/mol. The van der Waals surface area contributed by atoms with E-state index in [4.69, 9.17) is 17.5 Å². The Bertz CT molecular complexity index is 170. The van der Waals surface area contributed by atoms with Gasteiger partial charge in [-0.25, -0.2) is 0 Å². The van der Waals surface area contributed by atoms with Crippen LogP contribution in [-0.2, 0) is 0 Å². The van der Waals surface area contributed by atoms with Crippen molar-refractivity contribution in [2.24, 2.45) is 0 Å². The number of hydrogen-bond acceptors (Lipinski definition) is 3. The molecule has 0 rings (SSSR count). The van der Waals surface area contributed by atoms with E-state index in [1.54, 1.807) is 11.8 Å². The molecule has 0 bridgehead atoms. The van der Waals surface area contributed by atoms with Gasteiger partial charge in [-0.15, -0.1) is 0 Å². The first-order valence-corrected chi connectivity index (χ1v) is 5.44. The molecule has 0 radical (unpaired) electrons. The van der Waals surface area contributed by atoms with Crippen LogP contribution in [0.1, 0.15) is 20.3 Å². The van der Waals surface area contributed by atoms with Crippen LogP contribution in [0.5, 0.6) is 0 Å². The summed E-state index contributed by atoms with van der Waals surface area (Å²) in [6.45, 7) is 6.07. The second kappa shape index (κ2) is 7.38. The average molecular weight is 202 g/mol. The maximum absolute atomic E-state index is 8.31. The number of hydrogen-bond donors (Lipinski definition) is 0. The molecule has 0 saturated heterocycles. The summed E-state index contributed by atoms with van der Waals surface area (Å²) in [6, 6.07) is 2.10. The molecule has 0 amide bonds. The maximum Gasteiger partial charge on any atom is 0.136 e. The summed E-state index contributed by atoms with van der Waals surface area (Å²) in [6.07, 6.45) is 0.575. The molecule has 68 valence electrons. The lowest BCUT2D eigenvalue weighted by atomic mass is 10.6. The van der Waals surface area contributed by atoms with E-state index in [2.05, 4.69) is 24.8 Å². The molecule has 0 aliphatic rings. The predicted molar refractivity (Wildman–Crippen MR) is 58.2 cm³/mol. The van der Waals surface area contributed by atoms with Gasteiger partial charge in [-0.3, -0.25) is 0 Å². The van der Waals surface area contributed by atoms with Gasteiger partial charge in [-0.1, -0.05) is 24.0 Å². The van der Waals surface area contributed by atoms with E-state index in [-0.39, 0.29) is 0 Å². The normalized spacial score (nSPS) is 9.08. The van der Waals surface area contributed by atoms with Gasteiger partial charge in [-0.05, 0) is 13.8 Å². The molecule has 0 N–H and O–H groups in total. The van der Waals surface area contributed by atoms with Crippen LogP contribution in [0, 0.1) is 11.3 Å². The number of thiocarbonyl (C=S) groups is 1. The first kappa shape index (κ1) is 11.7. The van der Waals surface area contributed by atoms with Crippen LogP contribution in [0.15, 0.2) is 0 Å². The minimum Gasteiger partial charge on any atom is -0.358 e. The Morgan fingerprint density at radius 3 is 2.50 bits per heavy atom. The molecule has 2 nitrogen and oxygen atoms in total. The zero-order chi connectivity index (χ0) is 9.40. The van der Waals surface area contributed by atoms with Gasteiger partial charge in [0.25, 0.3) is 0 Å². The highest BCUT2D eigenvalue weighted by molar-refractivity contribution is 8.22. The third kappa shape index (κ3) is 4.58. The van der Waals surface area contributed by atoms with Gasteiger partial charge in [0, 0.05) is 25.3 Å². The Balaban J connectivity index is 3.63. The van der Waals surface area contributed by atoms with Gasteiger partial charge >= 0.3 is 0 Å². The first-order valence-electron chi connectivity index (χ1n) is 4.04. The van der Waals surface area contributed by atoms with E-state index in [0.29, 0.717) is 6.42 Å². The molecule has 0 spiro atoms. The third-order valence-electron chi connectivity index (χ3n) is 1.46. The predicted octanol–water partition coefficient (Wildman–Crippen LogP) is 2.26. The standard InChI is InChI=1S/C8H14N2S2/c1-3-10(4-2)8(11)12-7-5-6-9/h3-5,7H2,1-2H3. The number of thioether (sulfide) groups is 1. The molecule has 0 unspecified atom stereocenters. The van der Waals surface area contributed by atoms with Gasteiger partial charge in [-0.2, -0.15) is 5.26 Å². The number of rotatable bonds is 4. The molecular formula is C8H14N2S2. The van der Waals surface area contributed by atoms with Crippen LogP contribution in [0.4, 0.5) is 0 Å². The second-order valence-electron chi connectivity index (χ2n) is 2.19. The molecule has 0 aromatic rings. The summed E-state index contributed by atoms with van der Waals surface area (Å²) in [4.78, 5) is 2.12. The zero-order valence-electron chi connectivity index (χ0n) is 7.54. The van der Waals surface area contributed by atoms with Crippen molar-refractivity contribution in [3.05, 3.63) is 0 Å². The largest absolute Gasteiger partial charge is 0.358 e. The molecule has 0 saturated carbocycles. The van der Waals surface area contributed by atoms with Crippen molar-refractivity contribution in [2.75, 3.05) is 18.8 Å². The summed E-state index contributed by atoms with van der Waals surface area (Å²) < 4.78 is 0.912. The van der Waals surface area contributed by atoms with E-state index in [9.17, 15) is 0 Å². The van der Waals surface area contributed by atoms with Crippen LogP contribution >= 0.6 is 24.0 Å². The van der Waals surface area contributed by atoms with Crippen LogP contribution in [0.25, 0.3) is 0 Å². The topological polar surface area (TPSA) is 27.0 Å². The van der Waals surface area contributed by atoms with Gasteiger partial charge in [0.15, 0.2) is 0 Å². The summed E-state index contributed by atoms with van der Waals surface area (Å²) >= 11 is 6.76. The molecular weight excluding hydrogens is 188 g/mol. The zero-order valence-corrected chi connectivity index (χ0v) is 9.17. The summed E-state index contributed by atoms with van der Waals surface area (Å²) in [7, 11) is 0. The van der Waals surface area contributed by atoms with E-state index in [1.165, 1.54) is 0 Å². The fraction of sp³-hybridized carbons (Fsp3) is 0.750. The van der Waals surface area contributed by atoms with Gasteiger partial charge in [0.1, 0.15) is 4.32 Å². The minimum atomic E-state index is 0.575. The molecule has 0 heterocycles. The van der Waals surface area contributed by atoms with Crippen molar-refractivity contribution in [1.29, 1.82) is 5.26 Å². The highest BCUT2D eigenvalue weighted by atomic mass is 32.2. The lowest BCUT2D eigenvalue weighted by Crippen LogP contribution is -2.26. The van der Waals surface area contributed by atoms with Crippen LogP contribution in [0.3, 0.4) is 0 Å². The Morgan fingerprint density at radius 2 is 2.08 bits per heavy atom. The van der Waals surface area contributed by atoms with E-state index in [1.807, 2.05) is 0 Å². The fourth-order valence-corrected chi connectivity index (χ4v) is 2.07. The van der Waals surface area contributed by atoms with E-state index >= 15 is 0 Å². The number of nitrogens with zero attached hydrogens (tertiary/aromatic N) is 2. The lowest BCUT2D eigenvalue weighted by Gasteiger charge is -2.20. The van der Waals surface area contributed by atoms with E-state index < -0.39 is 0 Å². The van der Waals surface area contributed by atoms with Crippen molar-refractivity contribution >= 4 is 28.3 Å². The highest BCUT2D eigenvalue weighted by Gasteiger charge is 2.04. The van der Waals surface area contributed by atoms with Crippen molar-refractivity contribution in [3.8, 4) is 6.07 Å². The SMILES string of the molecule is CCN(CC)C(=S)SCCC#N. The van der Waals surface area contributed by atoms with Crippen LogP contribution in [0.2, 0.25) is 0 Å². The Labute approximate surface area is 83.9 Å². The van der Waals surface area contributed by atoms with Gasteiger partial charge in [0.2, 0.25) is 0 Å². The van der Waals surface area contributed by atoms with Crippen molar-refractivity contribution in [1.82, 2.24) is 4.90 Å². The van der Waals surface area contributed by atoms with Crippen LogP contribution < -0.4 is 0 Å². The second-order valence-corrected chi connectivity index (χ2v) is 3.92. The van der Waals surface area contributed by atoms with Crippen LogP contribution in [-0.4, -0.2) is 28.1 Å². The third-order valence-corrected chi connectivity index (χ3v) is 2.99. The van der Waals surface area contributed by atoms with Crippen molar-refractivity contribution in [3.63, 3.8) is 0 Å².